The van der Waals surface area contributed by atoms with Crippen LogP contribution in [-0.4, -0.2) is 75.5 Å². The van der Waals surface area contributed by atoms with Crippen LogP contribution in [-0.2, 0) is 38.4 Å². The Bertz CT molecular complexity index is 1370. The van der Waals surface area contributed by atoms with Gasteiger partial charge in [-0.3, -0.25) is 14.2 Å². The fourth-order valence-electron chi connectivity index (χ4n) is 5.61. The largest absolute Gasteiger partial charge is 0.438 e. The van der Waals surface area contributed by atoms with Crippen LogP contribution in [0.3, 0.4) is 0 Å². The second-order valence-corrected chi connectivity index (χ2v) is 13.4. The highest BCUT2D eigenvalue weighted by atomic mass is 31.2. The zero-order valence-corrected chi connectivity index (χ0v) is 25.9. The molecule has 1 amide bonds. The molecule has 13 nitrogen and oxygen atoms in total. The molecule has 0 saturated carbocycles. The second kappa shape index (κ2) is 12.7. The maximum atomic E-state index is 13.1. The molecule has 234 valence electrons. The first-order valence-electron chi connectivity index (χ1n) is 14.3. The molecule has 3 saturated heterocycles. The molecule has 0 aliphatic carbocycles. The van der Waals surface area contributed by atoms with Crippen molar-refractivity contribution < 1.29 is 38.0 Å². The Morgan fingerprint density at radius 1 is 1.21 bits per heavy atom. The third-order valence-corrected chi connectivity index (χ3v) is 9.69. The van der Waals surface area contributed by atoms with Crippen molar-refractivity contribution in [3.63, 3.8) is 0 Å². The van der Waals surface area contributed by atoms with Gasteiger partial charge in [-0.05, 0) is 52.2 Å². The van der Waals surface area contributed by atoms with E-state index in [2.05, 4.69) is 21.9 Å². The Hall–Kier alpha value is -2.77. The van der Waals surface area contributed by atoms with Crippen LogP contribution in [0.4, 0.5) is 5.82 Å². The molecule has 2 N–H and O–H groups in total. The number of anilines is 1. The molecule has 3 fully saturated rings. The summed E-state index contributed by atoms with van der Waals surface area (Å²) < 4.78 is 34.3. The van der Waals surface area contributed by atoms with Crippen LogP contribution in [0, 0.1) is 5.41 Å². The van der Waals surface area contributed by atoms with Gasteiger partial charge in [-0.1, -0.05) is 30.3 Å². The molecule has 0 bridgehead atoms. The summed E-state index contributed by atoms with van der Waals surface area (Å²) in [7, 11) is -1.62. The summed E-state index contributed by atoms with van der Waals surface area (Å²) in [5.74, 6) is -0.767. The number of carbonyl (C=O) groups excluding carboxylic acids is 2. The van der Waals surface area contributed by atoms with E-state index in [4.69, 9.17) is 23.3 Å². The average molecular weight is 619 g/mol. The smallest absolute Gasteiger partial charge is 0.351 e. The first-order chi connectivity index (χ1) is 20.4. The Balaban J connectivity index is 1.43. The molecule has 5 rings (SSSR count). The molecule has 14 heteroatoms. The van der Waals surface area contributed by atoms with E-state index in [9.17, 15) is 19.5 Å². The van der Waals surface area contributed by atoms with E-state index in [1.165, 1.54) is 23.8 Å². The van der Waals surface area contributed by atoms with Gasteiger partial charge in [0, 0.05) is 19.7 Å². The zero-order valence-electron chi connectivity index (χ0n) is 25.0. The lowest BCUT2D eigenvalue weighted by molar-refractivity contribution is -0.178. The number of amides is 1. The minimum atomic E-state index is -1.62. The molecule has 0 spiro atoms. The van der Waals surface area contributed by atoms with Crippen molar-refractivity contribution in [2.75, 3.05) is 25.3 Å². The Kier molecular flexibility index (Phi) is 9.34. The summed E-state index contributed by atoms with van der Waals surface area (Å²) in [5, 5.41) is 12.8. The predicted molar refractivity (Wildman–Crippen MR) is 155 cm³/mol. The fourth-order valence-corrected chi connectivity index (χ4v) is 7.76. The summed E-state index contributed by atoms with van der Waals surface area (Å²) in [6.07, 6.45) is -0.538. The third kappa shape index (κ3) is 6.53. The molecule has 1 aromatic carbocycles. The fraction of sp³-hybridized carbons (Fsp3) is 0.586. The highest BCUT2D eigenvalue weighted by Crippen LogP contribution is 2.64. The Labute approximate surface area is 251 Å². The van der Waals surface area contributed by atoms with Crippen LogP contribution in [0.5, 0.6) is 0 Å². The number of nitrogens with one attached hydrogen (secondary N) is 1. The zero-order chi connectivity index (χ0) is 30.9. The van der Waals surface area contributed by atoms with E-state index in [1.54, 1.807) is 20.8 Å². The Morgan fingerprint density at radius 2 is 1.95 bits per heavy atom. The number of esters is 1. The van der Waals surface area contributed by atoms with Crippen LogP contribution in [0.25, 0.3) is 0 Å². The van der Waals surface area contributed by atoms with Gasteiger partial charge in [-0.2, -0.15) is 4.98 Å². The summed E-state index contributed by atoms with van der Waals surface area (Å²) in [5.41, 5.74) is -1.05. The SMILES string of the molecule is CC(=O)Nc1ccn([C@@H]2O[C@H](CO)C(O[P@@]3O[C@](C)(c4ccccc4)[C@@H]4CCCN43)[C@@H]2OCOC(=O)C(C)(C)C)c(=O)n1. The molecule has 1 unspecified atom stereocenters. The lowest BCUT2D eigenvalue weighted by atomic mass is 9.87. The molecule has 3 aliphatic rings. The van der Waals surface area contributed by atoms with Crippen molar-refractivity contribution in [1.29, 1.82) is 0 Å². The number of rotatable bonds is 9. The first-order valence-corrected chi connectivity index (χ1v) is 15.5. The van der Waals surface area contributed by atoms with Crippen LogP contribution in [0.2, 0.25) is 0 Å². The number of nitrogens with zero attached hydrogens (tertiary/aromatic N) is 3. The first kappa shape index (κ1) is 31.6. The van der Waals surface area contributed by atoms with E-state index in [0.717, 1.165) is 24.9 Å². The molecule has 2 aromatic rings. The van der Waals surface area contributed by atoms with E-state index in [1.807, 2.05) is 30.3 Å². The van der Waals surface area contributed by atoms with Crippen molar-refractivity contribution in [3.8, 4) is 0 Å². The molecule has 0 radical (unpaired) electrons. The van der Waals surface area contributed by atoms with E-state index < -0.39 is 69.1 Å². The van der Waals surface area contributed by atoms with E-state index in [-0.39, 0.29) is 17.8 Å². The van der Waals surface area contributed by atoms with Gasteiger partial charge in [0.05, 0.1) is 18.1 Å². The third-order valence-electron chi connectivity index (χ3n) is 7.83. The van der Waals surface area contributed by atoms with E-state index >= 15 is 0 Å². The average Bonchev–Trinajstić information content (AvgIpc) is 3.64. The predicted octanol–water partition coefficient (Wildman–Crippen LogP) is 3.05. The number of carbonyl (C=O) groups is 2. The maximum absolute atomic E-state index is 13.1. The minimum absolute atomic E-state index is 0.0814. The minimum Gasteiger partial charge on any atom is -0.438 e. The Morgan fingerprint density at radius 3 is 2.60 bits per heavy atom. The number of hydrogen-bond donors (Lipinski definition) is 2. The summed E-state index contributed by atoms with van der Waals surface area (Å²) in [6.45, 7) is 8.46. The summed E-state index contributed by atoms with van der Waals surface area (Å²) in [4.78, 5) is 40.9. The number of ether oxygens (including phenoxy) is 3. The quantitative estimate of drug-likeness (QED) is 0.243. The van der Waals surface area contributed by atoms with Crippen molar-refractivity contribution in [2.24, 2.45) is 5.41 Å². The van der Waals surface area contributed by atoms with Gasteiger partial charge in [-0.25, -0.2) is 9.46 Å². The second-order valence-electron chi connectivity index (χ2n) is 12.1. The molecule has 1 aromatic heterocycles. The molecule has 4 heterocycles. The molecule has 7 atom stereocenters. The van der Waals surface area contributed by atoms with Crippen molar-refractivity contribution in [2.45, 2.75) is 83.6 Å². The normalized spacial score (nSPS) is 30.7. The van der Waals surface area contributed by atoms with Crippen LogP contribution in [0.15, 0.2) is 47.4 Å². The standard InChI is InChI=1S/C29H39N4O9P/c1-18(35)30-22-13-15-32(27(37)31-22)25-24(38-17-39-26(36)28(2,3)4)23(20(16-34)40-25)41-43-33-14-9-12-21(33)29(5,42-43)19-10-7-6-8-11-19/h6-8,10-11,13,15,20-21,23-25,34H,9,12,14,16-17H2,1-5H3,(H,30,31,35,37)/t20-,21+,23?,24+,25-,29-,43+/m1/s1. The molecular weight excluding hydrogens is 579 g/mol. The van der Waals surface area contributed by atoms with Gasteiger partial charge in [-0.15, -0.1) is 0 Å². The van der Waals surface area contributed by atoms with Crippen LogP contribution < -0.4 is 11.0 Å². The van der Waals surface area contributed by atoms with Crippen LogP contribution in [0.1, 0.15) is 59.3 Å². The molecule has 3 aliphatic heterocycles. The number of benzene rings is 1. The van der Waals surface area contributed by atoms with E-state index in [0.29, 0.717) is 0 Å². The maximum Gasteiger partial charge on any atom is 0.351 e. The number of fused-ring (bicyclic) bond motifs is 1. The number of aliphatic hydroxyl groups is 1. The van der Waals surface area contributed by atoms with Crippen molar-refractivity contribution >= 4 is 26.2 Å². The lowest BCUT2D eigenvalue weighted by Crippen LogP contribution is -2.40. The van der Waals surface area contributed by atoms with Gasteiger partial charge >= 0.3 is 11.7 Å². The monoisotopic (exact) mass is 618 g/mol. The molecule has 43 heavy (non-hydrogen) atoms. The van der Waals surface area contributed by atoms with Crippen LogP contribution >= 0.6 is 8.53 Å². The number of aliphatic hydroxyl groups excluding tert-OH is 1. The molecular formula is C29H39N4O9P. The van der Waals surface area contributed by atoms with Gasteiger partial charge in [0.2, 0.25) is 5.91 Å². The lowest BCUT2D eigenvalue weighted by Gasteiger charge is -2.29. The van der Waals surface area contributed by atoms with Crippen molar-refractivity contribution in [3.05, 3.63) is 58.6 Å². The topological polar surface area (TPSA) is 151 Å². The van der Waals surface area contributed by atoms with Gasteiger partial charge in [0.15, 0.2) is 13.0 Å². The number of hydrogen-bond acceptors (Lipinski definition) is 11. The van der Waals surface area contributed by atoms with Crippen molar-refractivity contribution in [1.82, 2.24) is 14.2 Å². The van der Waals surface area contributed by atoms with Gasteiger partial charge < -0.3 is 33.7 Å². The summed E-state index contributed by atoms with van der Waals surface area (Å²) >= 11 is 0. The highest BCUT2D eigenvalue weighted by molar-refractivity contribution is 7.45. The highest BCUT2D eigenvalue weighted by Gasteiger charge is 2.58. The van der Waals surface area contributed by atoms with Gasteiger partial charge in [0.1, 0.15) is 29.7 Å². The summed E-state index contributed by atoms with van der Waals surface area (Å²) in [6, 6.07) is 11.5. The number of aromatic nitrogens is 2. The van der Waals surface area contributed by atoms with Gasteiger partial charge in [0.25, 0.3) is 8.53 Å².